The maximum absolute atomic E-state index is 12.1. The third-order valence-electron chi connectivity index (χ3n) is 2.69. The topological polar surface area (TPSA) is 55.1 Å². The molecule has 2 rings (SSSR count). The first-order valence-electron chi connectivity index (χ1n) is 5.94. The van der Waals surface area contributed by atoms with Gasteiger partial charge in [-0.2, -0.15) is 0 Å². The first kappa shape index (κ1) is 12.6. The SMILES string of the molecule is CCCc1ccccc1NC(=O)c1sccc1N. The summed E-state index contributed by atoms with van der Waals surface area (Å²) in [6.07, 6.45) is 2.00. The molecule has 0 aliphatic rings. The molecule has 0 fully saturated rings. The van der Waals surface area contributed by atoms with Gasteiger partial charge < -0.3 is 11.1 Å². The van der Waals surface area contributed by atoms with Crippen LogP contribution >= 0.6 is 11.3 Å². The smallest absolute Gasteiger partial charge is 0.267 e. The van der Waals surface area contributed by atoms with Gasteiger partial charge in [-0.1, -0.05) is 31.5 Å². The fourth-order valence-electron chi connectivity index (χ4n) is 1.81. The van der Waals surface area contributed by atoms with Crippen LogP contribution in [0.25, 0.3) is 0 Å². The number of thiophene rings is 1. The van der Waals surface area contributed by atoms with E-state index >= 15 is 0 Å². The van der Waals surface area contributed by atoms with Crippen LogP contribution in [0.4, 0.5) is 11.4 Å². The number of nitrogens with two attached hydrogens (primary N) is 1. The van der Waals surface area contributed by atoms with Gasteiger partial charge in [0.1, 0.15) is 4.88 Å². The van der Waals surface area contributed by atoms with Crippen molar-refractivity contribution in [3.63, 3.8) is 0 Å². The number of nitrogens with one attached hydrogen (secondary N) is 1. The quantitative estimate of drug-likeness (QED) is 0.883. The maximum Gasteiger partial charge on any atom is 0.267 e. The Bertz CT molecular complexity index is 548. The van der Waals surface area contributed by atoms with Crippen LogP contribution in [-0.4, -0.2) is 5.91 Å². The molecule has 0 atom stereocenters. The number of anilines is 2. The Labute approximate surface area is 111 Å². The number of carbonyl (C=O) groups is 1. The van der Waals surface area contributed by atoms with Crippen LogP contribution < -0.4 is 11.1 Å². The summed E-state index contributed by atoms with van der Waals surface area (Å²) in [6, 6.07) is 9.62. The largest absolute Gasteiger partial charge is 0.397 e. The lowest BCUT2D eigenvalue weighted by Crippen LogP contribution is -2.13. The molecule has 1 amide bonds. The fraction of sp³-hybridized carbons (Fsp3) is 0.214. The predicted molar refractivity (Wildman–Crippen MR) is 77.1 cm³/mol. The van der Waals surface area contributed by atoms with E-state index in [1.165, 1.54) is 11.3 Å². The van der Waals surface area contributed by atoms with Gasteiger partial charge in [0, 0.05) is 5.69 Å². The van der Waals surface area contributed by atoms with Gasteiger partial charge >= 0.3 is 0 Å². The van der Waals surface area contributed by atoms with Crippen molar-refractivity contribution in [2.24, 2.45) is 0 Å². The van der Waals surface area contributed by atoms with Gasteiger partial charge in [-0.05, 0) is 29.5 Å². The van der Waals surface area contributed by atoms with E-state index in [1.807, 2.05) is 29.6 Å². The molecule has 0 aliphatic carbocycles. The van der Waals surface area contributed by atoms with E-state index in [0.29, 0.717) is 10.6 Å². The van der Waals surface area contributed by atoms with Gasteiger partial charge in [0.05, 0.1) is 5.69 Å². The summed E-state index contributed by atoms with van der Waals surface area (Å²) >= 11 is 1.36. The number of aryl methyl sites for hydroxylation is 1. The minimum absolute atomic E-state index is 0.133. The molecule has 3 nitrogen and oxygen atoms in total. The highest BCUT2D eigenvalue weighted by Crippen LogP contribution is 2.22. The van der Waals surface area contributed by atoms with E-state index in [9.17, 15) is 4.79 Å². The molecule has 18 heavy (non-hydrogen) atoms. The summed E-state index contributed by atoms with van der Waals surface area (Å²) in [5.41, 5.74) is 8.30. The van der Waals surface area contributed by atoms with Crippen molar-refractivity contribution in [2.75, 3.05) is 11.1 Å². The van der Waals surface area contributed by atoms with Crippen LogP contribution in [0.3, 0.4) is 0 Å². The number of benzene rings is 1. The lowest BCUT2D eigenvalue weighted by molar-refractivity contribution is 0.103. The first-order chi connectivity index (χ1) is 8.72. The minimum Gasteiger partial charge on any atom is -0.397 e. The minimum atomic E-state index is -0.133. The molecule has 0 spiro atoms. The van der Waals surface area contributed by atoms with Crippen LogP contribution in [0.1, 0.15) is 28.6 Å². The summed E-state index contributed by atoms with van der Waals surface area (Å²) in [7, 11) is 0. The Morgan fingerprint density at radius 1 is 1.33 bits per heavy atom. The Morgan fingerprint density at radius 3 is 2.78 bits per heavy atom. The maximum atomic E-state index is 12.1. The van der Waals surface area contributed by atoms with E-state index in [2.05, 4.69) is 12.2 Å². The normalized spacial score (nSPS) is 10.3. The molecule has 1 heterocycles. The van der Waals surface area contributed by atoms with Gasteiger partial charge in [-0.3, -0.25) is 4.79 Å². The number of carbonyl (C=O) groups excluding carboxylic acids is 1. The Morgan fingerprint density at radius 2 is 2.11 bits per heavy atom. The zero-order valence-electron chi connectivity index (χ0n) is 10.3. The van der Waals surface area contributed by atoms with E-state index < -0.39 is 0 Å². The molecule has 0 saturated heterocycles. The average Bonchev–Trinajstić information content (AvgIpc) is 2.78. The second kappa shape index (κ2) is 5.69. The predicted octanol–water partition coefficient (Wildman–Crippen LogP) is 3.54. The molecule has 94 valence electrons. The van der Waals surface area contributed by atoms with Crippen molar-refractivity contribution in [3.05, 3.63) is 46.2 Å². The summed E-state index contributed by atoms with van der Waals surface area (Å²) in [5.74, 6) is -0.133. The van der Waals surface area contributed by atoms with Crippen molar-refractivity contribution >= 4 is 28.6 Å². The van der Waals surface area contributed by atoms with Crippen molar-refractivity contribution in [1.82, 2.24) is 0 Å². The molecular weight excluding hydrogens is 244 g/mol. The third kappa shape index (κ3) is 2.71. The molecule has 4 heteroatoms. The highest BCUT2D eigenvalue weighted by atomic mass is 32.1. The lowest BCUT2D eigenvalue weighted by atomic mass is 10.1. The standard InChI is InChI=1S/C14H16N2OS/c1-2-5-10-6-3-4-7-12(10)16-14(17)13-11(15)8-9-18-13/h3-4,6-9H,2,5,15H2,1H3,(H,16,17). The lowest BCUT2D eigenvalue weighted by Gasteiger charge is -2.09. The number of rotatable bonds is 4. The summed E-state index contributed by atoms with van der Waals surface area (Å²) < 4.78 is 0. The zero-order valence-corrected chi connectivity index (χ0v) is 11.1. The molecule has 0 bridgehead atoms. The number of hydrogen-bond acceptors (Lipinski definition) is 3. The van der Waals surface area contributed by atoms with Crippen molar-refractivity contribution < 1.29 is 4.79 Å². The molecule has 0 aliphatic heterocycles. The average molecular weight is 260 g/mol. The van der Waals surface area contributed by atoms with Crippen LogP contribution in [0.15, 0.2) is 35.7 Å². The highest BCUT2D eigenvalue weighted by Gasteiger charge is 2.12. The number of para-hydroxylation sites is 1. The highest BCUT2D eigenvalue weighted by molar-refractivity contribution is 7.12. The van der Waals surface area contributed by atoms with Gasteiger partial charge in [-0.25, -0.2) is 0 Å². The van der Waals surface area contributed by atoms with Gasteiger partial charge in [0.15, 0.2) is 0 Å². The molecule has 0 unspecified atom stereocenters. The van der Waals surface area contributed by atoms with E-state index in [-0.39, 0.29) is 5.91 Å². The van der Waals surface area contributed by atoms with Gasteiger partial charge in [-0.15, -0.1) is 11.3 Å². The number of amides is 1. The Hall–Kier alpha value is -1.81. The summed E-state index contributed by atoms with van der Waals surface area (Å²) in [5, 5.41) is 4.75. The van der Waals surface area contributed by atoms with Crippen molar-refractivity contribution in [3.8, 4) is 0 Å². The van der Waals surface area contributed by atoms with Crippen LogP contribution in [0.2, 0.25) is 0 Å². The Kier molecular flexibility index (Phi) is 3.99. The van der Waals surface area contributed by atoms with Crippen LogP contribution in [0.5, 0.6) is 0 Å². The van der Waals surface area contributed by atoms with Crippen LogP contribution in [-0.2, 0) is 6.42 Å². The molecule has 1 aromatic heterocycles. The second-order valence-corrected chi connectivity index (χ2v) is 4.98. The third-order valence-corrected chi connectivity index (χ3v) is 3.62. The van der Waals surface area contributed by atoms with E-state index in [4.69, 9.17) is 5.73 Å². The molecule has 0 radical (unpaired) electrons. The summed E-state index contributed by atoms with van der Waals surface area (Å²) in [6.45, 7) is 2.12. The molecule has 3 N–H and O–H groups in total. The van der Waals surface area contributed by atoms with Crippen LogP contribution in [0, 0.1) is 0 Å². The Balaban J connectivity index is 2.19. The molecule has 0 saturated carbocycles. The van der Waals surface area contributed by atoms with Crippen molar-refractivity contribution in [2.45, 2.75) is 19.8 Å². The number of nitrogen functional groups attached to an aromatic ring is 1. The molecule has 2 aromatic rings. The number of hydrogen-bond donors (Lipinski definition) is 2. The molecular formula is C14H16N2OS. The monoisotopic (exact) mass is 260 g/mol. The second-order valence-electron chi connectivity index (χ2n) is 4.07. The zero-order chi connectivity index (χ0) is 13.0. The fourth-order valence-corrected chi connectivity index (χ4v) is 2.53. The van der Waals surface area contributed by atoms with Gasteiger partial charge in [0.2, 0.25) is 0 Å². The first-order valence-corrected chi connectivity index (χ1v) is 6.82. The molecule has 1 aromatic carbocycles. The van der Waals surface area contributed by atoms with E-state index in [0.717, 1.165) is 24.1 Å². The van der Waals surface area contributed by atoms with Gasteiger partial charge in [0.25, 0.3) is 5.91 Å². The summed E-state index contributed by atoms with van der Waals surface area (Å²) in [4.78, 5) is 12.6. The van der Waals surface area contributed by atoms with Crippen molar-refractivity contribution in [1.29, 1.82) is 0 Å². The van der Waals surface area contributed by atoms with E-state index in [1.54, 1.807) is 6.07 Å².